The van der Waals surface area contributed by atoms with Crippen LogP contribution in [0.2, 0.25) is 0 Å². The third kappa shape index (κ3) is 5.24. The molecular formula is C28H31N3O5. The number of carboxylic acids is 1. The molecule has 8 nitrogen and oxygen atoms in total. The lowest BCUT2D eigenvalue weighted by Gasteiger charge is -2.40. The zero-order valence-electron chi connectivity index (χ0n) is 20.4. The number of carboxylic acid groups (broad SMARTS) is 1. The maximum Gasteiger partial charge on any atom is 0.327 e. The zero-order valence-corrected chi connectivity index (χ0v) is 20.4. The predicted molar refractivity (Wildman–Crippen MR) is 136 cm³/mol. The highest BCUT2D eigenvalue weighted by molar-refractivity contribution is 6.02. The van der Waals surface area contributed by atoms with Gasteiger partial charge in [0.1, 0.15) is 6.04 Å². The first kappa shape index (κ1) is 25.3. The summed E-state index contributed by atoms with van der Waals surface area (Å²) in [5.41, 5.74) is 1.05. The summed E-state index contributed by atoms with van der Waals surface area (Å²) in [6, 6.07) is 15.3. The number of likely N-dealkylation sites (N-methyl/N-ethyl adjacent to an activating group) is 1. The number of para-hydroxylation sites is 1. The number of anilines is 1. The Morgan fingerprint density at radius 3 is 2.56 bits per heavy atom. The minimum Gasteiger partial charge on any atom is -0.480 e. The van der Waals surface area contributed by atoms with E-state index in [0.29, 0.717) is 5.69 Å². The van der Waals surface area contributed by atoms with Crippen molar-refractivity contribution in [3.63, 3.8) is 0 Å². The molecule has 1 aliphatic heterocycles. The minimum absolute atomic E-state index is 0.0536. The summed E-state index contributed by atoms with van der Waals surface area (Å²) in [5.74, 6) is -2.24. The first-order valence-corrected chi connectivity index (χ1v) is 12.0. The Balaban J connectivity index is 1.63. The number of nitrogens with zero attached hydrogens (tertiary/aromatic N) is 1. The molecule has 4 atom stereocenters. The monoisotopic (exact) mass is 489 g/mol. The van der Waals surface area contributed by atoms with Gasteiger partial charge in [0.15, 0.2) is 5.72 Å². The van der Waals surface area contributed by atoms with Crippen molar-refractivity contribution in [3.8, 4) is 0 Å². The van der Waals surface area contributed by atoms with Crippen LogP contribution in [0.5, 0.6) is 0 Å². The highest BCUT2D eigenvalue weighted by Gasteiger charge is 2.44. The number of nitrogens with one attached hydrogen (secondary N) is 2. The van der Waals surface area contributed by atoms with Gasteiger partial charge in [0.25, 0.3) is 0 Å². The third-order valence-electron chi connectivity index (χ3n) is 6.74. The zero-order chi connectivity index (χ0) is 25.7. The van der Waals surface area contributed by atoms with E-state index in [0.717, 1.165) is 11.1 Å². The van der Waals surface area contributed by atoms with Gasteiger partial charge >= 0.3 is 5.97 Å². The van der Waals surface area contributed by atoms with Crippen molar-refractivity contribution < 1.29 is 24.2 Å². The van der Waals surface area contributed by atoms with E-state index < -0.39 is 29.7 Å². The minimum atomic E-state index is -1.29. The molecule has 4 rings (SSSR count). The van der Waals surface area contributed by atoms with Gasteiger partial charge in [-0.05, 0) is 37.2 Å². The highest BCUT2D eigenvalue weighted by Crippen LogP contribution is 2.36. The van der Waals surface area contributed by atoms with Crippen molar-refractivity contribution in [1.29, 1.82) is 0 Å². The van der Waals surface area contributed by atoms with Gasteiger partial charge in [-0.1, -0.05) is 66.8 Å². The number of allylic oxidation sites excluding steroid dienone is 2. The molecular weight excluding hydrogens is 458 g/mol. The first-order valence-electron chi connectivity index (χ1n) is 12.0. The molecule has 0 saturated heterocycles. The number of hydrogen-bond acceptors (Lipinski definition) is 5. The Bertz CT molecular complexity index is 1180. The van der Waals surface area contributed by atoms with Crippen molar-refractivity contribution in [2.45, 2.75) is 44.2 Å². The van der Waals surface area contributed by atoms with Crippen molar-refractivity contribution in [1.82, 2.24) is 10.6 Å². The second-order valence-electron chi connectivity index (χ2n) is 9.07. The van der Waals surface area contributed by atoms with Crippen LogP contribution in [0.15, 0.2) is 78.9 Å². The summed E-state index contributed by atoms with van der Waals surface area (Å²) in [7, 11) is 1.69. The summed E-state index contributed by atoms with van der Waals surface area (Å²) in [6.45, 7) is 1.95. The van der Waals surface area contributed by atoms with Gasteiger partial charge in [-0.3, -0.25) is 14.5 Å². The molecule has 188 valence electrons. The number of carbonyl (C=O) groups is 3. The lowest BCUT2D eigenvalue weighted by Crippen LogP contribution is -2.59. The normalized spacial score (nSPS) is 23.2. The largest absolute Gasteiger partial charge is 0.480 e. The first-order chi connectivity index (χ1) is 17.3. The van der Waals surface area contributed by atoms with Crippen LogP contribution in [0.25, 0.3) is 0 Å². The molecule has 2 aromatic carbocycles. The average molecular weight is 490 g/mol. The van der Waals surface area contributed by atoms with E-state index in [2.05, 4.69) is 10.6 Å². The van der Waals surface area contributed by atoms with Crippen molar-refractivity contribution >= 4 is 23.5 Å². The van der Waals surface area contributed by atoms with Crippen molar-refractivity contribution in [2.24, 2.45) is 5.92 Å². The summed E-state index contributed by atoms with van der Waals surface area (Å²) in [4.78, 5) is 40.0. The van der Waals surface area contributed by atoms with Crippen LogP contribution in [0.4, 0.5) is 5.69 Å². The molecule has 2 aromatic rings. The number of aliphatic carboxylic acids is 1. The summed E-state index contributed by atoms with van der Waals surface area (Å²) in [5, 5.41) is 15.8. The Morgan fingerprint density at radius 1 is 1.11 bits per heavy atom. The van der Waals surface area contributed by atoms with E-state index in [1.165, 1.54) is 4.90 Å². The van der Waals surface area contributed by atoms with Gasteiger partial charge < -0.3 is 20.5 Å². The van der Waals surface area contributed by atoms with Crippen molar-refractivity contribution in [3.05, 3.63) is 90.0 Å². The van der Waals surface area contributed by atoms with E-state index in [9.17, 15) is 19.5 Å². The van der Waals surface area contributed by atoms with E-state index >= 15 is 0 Å². The predicted octanol–water partition coefficient (Wildman–Crippen LogP) is 2.80. The number of hydrogen-bond donors (Lipinski definition) is 3. The lowest BCUT2D eigenvalue weighted by atomic mass is 9.86. The lowest BCUT2D eigenvalue weighted by molar-refractivity contribution is -0.141. The SMILES string of the molecule is CNC(C)C(=O)NC1(OCc2ccccc2)C=CC=C[C@@H]1CC(=O)N1c2ccccc2C[C@H]1C(=O)O. The smallest absolute Gasteiger partial charge is 0.327 e. The standard InChI is InChI=1S/C28H31N3O5/c1-19(29-2)26(33)30-28(36-18-20-10-4-3-5-11-20)15-9-8-13-22(28)17-25(32)31-23-14-7-6-12-21(23)16-24(31)27(34)35/h3-15,19,22,24,29H,16-18H2,1-2H3,(H,30,33)(H,34,35)/t19?,22-,24+,28?/m1/s1. The van der Waals surface area contributed by atoms with Crippen LogP contribution in [0.1, 0.15) is 24.5 Å². The van der Waals surface area contributed by atoms with Gasteiger partial charge in [-0.15, -0.1) is 0 Å². The number of ether oxygens (including phenoxy) is 1. The average Bonchev–Trinajstić information content (AvgIpc) is 3.29. The van der Waals surface area contributed by atoms with E-state index in [4.69, 9.17) is 4.74 Å². The fourth-order valence-electron chi connectivity index (χ4n) is 4.60. The summed E-state index contributed by atoms with van der Waals surface area (Å²) < 4.78 is 6.36. The molecule has 2 aliphatic rings. The van der Waals surface area contributed by atoms with Gasteiger partial charge in [0.05, 0.1) is 12.6 Å². The maximum absolute atomic E-state index is 13.7. The fraction of sp³-hybridized carbons (Fsp3) is 0.321. The Morgan fingerprint density at radius 2 is 1.83 bits per heavy atom. The molecule has 0 bridgehead atoms. The number of carbonyl (C=O) groups excluding carboxylic acids is 2. The molecule has 1 aliphatic carbocycles. The summed E-state index contributed by atoms with van der Waals surface area (Å²) in [6.07, 6.45) is 7.36. The van der Waals surface area contributed by atoms with Gasteiger partial charge in [0, 0.05) is 24.4 Å². The second-order valence-corrected chi connectivity index (χ2v) is 9.07. The molecule has 36 heavy (non-hydrogen) atoms. The fourth-order valence-corrected chi connectivity index (χ4v) is 4.60. The molecule has 1 heterocycles. The van der Waals surface area contributed by atoms with Crippen LogP contribution in [-0.4, -0.2) is 47.7 Å². The van der Waals surface area contributed by atoms with E-state index in [-0.39, 0.29) is 31.3 Å². The van der Waals surface area contributed by atoms with Crippen LogP contribution in [0, 0.1) is 5.92 Å². The Hall–Kier alpha value is -3.75. The van der Waals surface area contributed by atoms with E-state index in [1.54, 1.807) is 38.3 Å². The number of amides is 2. The molecule has 0 saturated carbocycles. The third-order valence-corrected chi connectivity index (χ3v) is 6.74. The quantitative estimate of drug-likeness (QED) is 0.468. The molecule has 3 N–H and O–H groups in total. The highest BCUT2D eigenvalue weighted by atomic mass is 16.5. The molecule has 8 heteroatoms. The number of rotatable bonds is 9. The molecule has 0 fully saturated rings. The van der Waals surface area contributed by atoms with Crippen LogP contribution in [0.3, 0.4) is 0 Å². The van der Waals surface area contributed by atoms with Crippen LogP contribution in [-0.2, 0) is 32.1 Å². The molecule has 0 spiro atoms. The van der Waals surface area contributed by atoms with Gasteiger partial charge in [-0.2, -0.15) is 0 Å². The second kappa shape index (κ2) is 10.9. The van der Waals surface area contributed by atoms with Gasteiger partial charge in [-0.25, -0.2) is 4.79 Å². The summed E-state index contributed by atoms with van der Waals surface area (Å²) >= 11 is 0. The molecule has 0 radical (unpaired) electrons. The van der Waals surface area contributed by atoms with E-state index in [1.807, 2.05) is 54.6 Å². The van der Waals surface area contributed by atoms with Gasteiger partial charge in [0.2, 0.25) is 11.8 Å². The Labute approximate surface area is 210 Å². The van der Waals surface area contributed by atoms with Crippen molar-refractivity contribution in [2.75, 3.05) is 11.9 Å². The number of fused-ring (bicyclic) bond motifs is 1. The number of benzene rings is 2. The van der Waals surface area contributed by atoms with Crippen LogP contribution < -0.4 is 15.5 Å². The maximum atomic E-state index is 13.7. The molecule has 2 amide bonds. The molecule has 2 unspecified atom stereocenters. The Kier molecular flexibility index (Phi) is 7.67. The van der Waals surface area contributed by atoms with Crippen LogP contribution >= 0.6 is 0 Å². The topological polar surface area (TPSA) is 108 Å². The molecule has 0 aromatic heterocycles.